The maximum atomic E-state index is 11.6. The second-order valence-corrected chi connectivity index (χ2v) is 5.14. The predicted octanol–water partition coefficient (Wildman–Crippen LogP) is 1.94. The summed E-state index contributed by atoms with van der Waals surface area (Å²) < 4.78 is 4.52. The number of amides is 1. The molecule has 0 aliphatic rings. The van der Waals surface area contributed by atoms with Crippen LogP contribution in [0.4, 0.5) is 0 Å². The average Bonchev–Trinajstić information content (AvgIpc) is 2.35. The molecule has 0 fully saturated rings. The van der Waals surface area contributed by atoms with Crippen molar-refractivity contribution in [2.45, 2.75) is 11.2 Å². The summed E-state index contributed by atoms with van der Waals surface area (Å²) in [6.07, 6.45) is 0.224. The Labute approximate surface area is 119 Å². The van der Waals surface area contributed by atoms with Gasteiger partial charge >= 0.3 is 5.97 Å². The van der Waals surface area contributed by atoms with Crippen LogP contribution in [0.15, 0.2) is 24.3 Å². The van der Waals surface area contributed by atoms with E-state index in [1.54, 1.807) is 18.2 Å². The van der Waals surface area contributed by atoms with Crippen LogP contribution < -0.4 is 5.32 Å². The molecule has 0 aliphatic heterocycles. The molecule has 1 rings (SSSR count). The highest BCUT2D eigenvalue weighted by molar-refractivity contribution is 9.10. The van der Waals surface area contributed by atoms with Gasteiger partial charge in [0.05, 0.1) is 13.5 Å². The van der Waals surface area contributed by atoms with Gasteiger partial charge in [0.15, 0.2) is 0 Å². The first-order chi connectivity index (χ1) is 8.52. The predicted molar refractivity (Wildman–Crippen MR) is 72.9 cm³/mol. The first kappa shape index (κ1) is 15.0. The number of alkyl halides is 1. The minimum Gasteiger partial charge on any atom is -0.468 e. The highest BCUT2D eigenvalue weighted by atomic mass is 79.9. The maximum Gasteiger partial charge on any atom is 0.321 e. The van der Waals surface area contributed by atoms with E-state index in [1.165, 1.54) is 7.11 Å². The van der Waals surface area contributed by atoms with E-state index in [0.717, 1.165) is 5.56 Å². The van der Waals surface area contributed by atoms with Crippen molar-refractivity contribution in [1.29, 1.82) is 0 Å². The number of ether oxygens (including phenoxy) is 1. The third kappa shape index (κ3) is 5.06. The zero-order valence-electron chi connectivity index (χ0n) is 9.78. The number of halogens is 2. The first-order valence-corrected chi connectivity index (χ1v) is 6.55. The quantitative estimate of drug-likeness (QED) is 0.661. The van der Waals surface area contributed by atoms with Gasteiger partial charge in [0, 0.05) is 11.6 Å². The lowest BCUT2D eigenvalue weighted by Crippen LogP contribution is -2.34. The zero-order chi connectivity index (χ0) is 13.5. The van der Waals surface area contributed by atoms with Crippen LogP contribution in [0.1, 0.15) is 5.56 Å². The summed E-state index contributed by atoms with van der Waals surface area (Å²) in [5, 5.41) is 3.23. The number of hydrogen-bond acceptors (Lipinski definition) is 3. The number of benzene rings is 1. The molecule has 0 bridgehead atoms. The Bertz CT molecular complexity index is 439. The normalized spacial score (nSPS) is 11.7. The van der Waals surface area contributed by atoms with Crippen LogP contribution in [0.3, 0.4) is 0 Å². The van der Waals surface area contributed by atoms with Gasteiger partial charge in [0.2, 0.25) is 5.91 Å². The molecule has 1 amide bonds. The molecule has 6 heteroatoms. The fourth-order valence-electron chi connectivity index (χ4n) is 1.31. The van der Waals surface area contributed by atoms with E-state index in [4.69, 9.17) is 11.6 Å². The molecule has 1 unspecified atom stereocenters. The monoisotopic (exact) mass is 333 g/mol. The van der Waals surface area contributed by atoms with E-state index in [2.05, 4.69) is 26.0 Å². The molecule has 0 saturated heterocycles. The number of carbonyl (C=O) groups is 2. The molecule has 0 spiro atoms. The molecule has 98 valence electrons. The Morgan fingerprint density at radius 3 is 2.83 bits per heavy atom. The molecular formula is C12H13BrClNO3. The molecule has 1 atom stereocenters. The number of nitrogens with one attached hydrogen (secondary N) is 1. The lowest BCUT2D eigenvalue weighted by atomic mass is 10.1. The largest absolute Gasteiger partial charge is 0.468 e. The van der Waals surface area contributed by atoms with Crippen molar-refractivity contribution in [3.8, 4) is 0 Å². The summed E-state index contributed by atoms with van der Waals surface area (Å²) in [4.78, 5) is 22.2. The Kier molecular flexibility index (Phi) is 6.15. The number of esters is 1. The van der Waals surface area contributed by atoms with Crippen LogP contribution in [0, 0.1) is 0 Å². The summed E-state index contributed by atoms with van der Waals surface area (Å²) in [7, 11) is 1.30. The van der Waals surface area contributed by atoms with E-state index in [1.807, 2.05) is 6.07 Å². The summed E-state index contributed by atoms with van der Waals surface area (Å²) >= 11 is 8.93. The Hall–Kier alpha value is -1.07. The number of hydrogen-bond donors (Lipinski definition) is 1. The van der Waals surface area contributed by atoms with Gasteiger partial charge in [-0.2, -0.15) is 0 Å². The average molecular weight is 335 g/mol. The SMILES string of the molecule is COC(=O)C(Br)CNC(=O)Cc1cccc(Cl)c1. The van der Waals surface area contributed by atoms with Gasteiger partial charge in [-0.1, -0.05) is 39.7 Å². The highest BCUT2D eigenvalue weighted by Crippen LogP contribution is 2.11. The van der Waals surface area contributed by atoms with Crippen molar-refractivity contribution in [3.63, 3.8) is 0 Å². The number of carbonyl (C=O) groups excluding carboxylic acids is 2. The fraction of sp³-hybridized carbons (Fsp3) is 0.333. The lowest BCUT2D eigenvalue weighted by Gasteiger charge is -2.09. The van der Waals surface area contributed by atoms with E-state index in [-0.39, 0.29) is 18.9 Å². The molecule has 1 aromatic carbocycles. The summed E-state index contributed by atoms with van der Waals surface area (Å²) in [6, 6.07) is 7.08. The first-order valence-electron chi connectivity index (χ1n) is 5.26. The van der Waals surface area contributed by atoms with Crippen molar-refractivity contribution in [1.82, 2.24) is 5.32 Å². The van der Waals surface area contributed by atoms with Crippen molar-refractivity contribution in [3.05, 3.63) is 34.9 Å². The molecule has 0 saturated carbocycles. The third-order valence-electron chi connectivity index (χ3n) is 2.19. The van der Waals surface area contributed by atoms with Gasteiger partial charge in [-0.15, -0.1) is 0 Å². The Balaban J connectivity index is 2.41. The summed E-state index contributed by atoms with van der Waals surface area (Å²) in [5.74, 6) is -0.594. The molecule has 1 aromatic rings. The van der Waals surface area contributed by atoms with Crippen LogP contribution in [-0.4, -0.2) is 30.4 Å². The van der Waals surface area contributed by atoms with E-state index >= 15 is 0 Å². The highest BCUT2D eigenvalue weighted by Gasteiger charge is 2.15. The molecule has 0 aliphatic carbocycles. The van der Waals surface area contributed by atoms with E-state index in [0.29, 0.717) is 5.02 Å². The Morgan fingerprint density at radius 1 is 1.50 bits per heavy atom. The van der Waals surface area contributed by atoms with Crippen molar-refractivity contribution >= 4 is 39.4 Å². The maximum absolute atomic E-state index is 11.6. The van der Waals surface area contributed by atoms with E-state index in [9.17, 15) is 9.59 Å². The molecule has 0 radical (unpaired) electrons. The van der Waals surface area contributed by atoms with Crippen LogP contribution in [0.5, 0.6) is 0 Å². The van der Waals surface area contributed by atoms with Gasteiger partial charge < -0.3 is 10.1 Å². The van der Waals surface area contributed by atoms with Gasteiger partial charge in [-0.05, 0) is 17.7 Å². The summed E-state index contributed by atoms with van der Waals surface area (Å²) in [6.45, 7) is 0.187. The van der Waals surface area contributed by atoms with Crippen molar-refractivity contribution < 1.29 is 14.3 Å². The fourth-order valence-corrected chi connectivity index (χ4v) is 1.87. The number of rotatable bonds is 5. The molecular weight excluding hydrogens is 321 g/mol. The van der Waals surface area contributed by atoms with Crippen molar-refractivity contribution in [2.75, 3.05) is 13.7 Å². The standard InChI is InChI=1S/C12H13BrClNO3/c1-18-12(17)10(13)7-15-11(16)6-8-3-2-4-9(14)5-8/h2-5,10H,6-7H2,1H3,(H,15,16). The van der Waals surface area contributed by atoms with Crippen LogP contribution in [0.2, 0.25) is 5.02 Å². The second-order valence-electron chi connectivity index (χ2n) is 3.60. The van der Waals surface area contributed by atoms with Crippen molar-refractivity contribution in [2.24, 2.45) is 0 Å². The lowest BCUT2D eigenvalue weighted by molar-refractivity contribution is -0.139. The van der Waals surface area contributed by atoms with Gasteiger partial charge in [0.1, 0.15) is 4.83 Å². The Morgan fingerprint density at radius 2 is 2.22 bits per heavy atom. The number of methoxy groups -OCH3 is 1. The second kappa shape index (κ2) is 7.38. The van der Waals surface area contributed by atoms with Crippen LogP contribution in [0.25, 0.3) is 0 Å². The van der Waals surface area contributed by atoms with Crippen LogP contribution in [-0.2, 0) is 20.7 Å². The minimum absolute atomic E-state index is 0.175. The van der Waals surface area contributed by atoms with Gasteiger partial charge in [-0.25, -0.2) is 0 Å². The molecule has 1 N–H and O–H groups in total. The topological polar surface area (TPSA) is 55.4 Å². The van der Waals surface area contributed by atoms with Crippen LogP contribution >= 0.6 is 27.5 Å². The molecule has 18 heavy (non-hydrogen) atoms. The minimum atomic E-state index is -0.536. The molecule has 0 heterocycles. The molecule has 4 nitrogen and oxygen atoms in total. The zero-order valence-corrected chi connectivity index (χ0v) is 12.1. The van der Waals surface area contributed by atoms with Gasteiger partial charge in [-0.3, -0.25) is 9.59 Å². The summed E-state index contributed by atoms with van der Waals surface area (Å²) in [5.41, 5.74) is 0.823. The smallest absolute Gasteiger partial charge is 0.321 e. The van der Waals surface area contributed by atoms with Gasteiger partial charge in [0.25, 0.3) is 0 Å². The third-order valence-corrected chi connectivity index (χ3v) is 3.12. The molecule has 0 aromatic heterocycles. The van der Waals surface area contributed by atoms with E-state index < -0.39 is 10.8 Å².